The maximum atomic E-state index is 10.2. The minimum absolute atomic E-state index is 0.205. The van der Waals surface area contributed by atoms with Crippen molar-refractivity contribution < 1.29 is 9.90 Å². The van der Waals surface area contributed by atoms with Crippen LogP contribution >= 0.6 is 0 Å². The van der Waals surface area contributed by atoms with Gasteiger partial charge in [0.25, 0.3) is 0 Å². The second-order valence-electron chi connectivity index (χ2n) is 5.16. The van der Waals surface area contributed by atoms with Crippen molar-refractivity contribution in [1.82, 2.24) is 0 Å². The van der Waals surface area contributed by atoms with Crippen LogP contribution in [0.3, 0.4) is 0 Å². The van der Waals surface area contributed by atoms with Gasteiger partial charge in [-0.3, -0.25) is 0 Å². The number of unbranched alkanes of at least 4 members (excludes halogenated alkanes) is 8. The molecule has 0 rings (SSSR count). The first-order valence-corrected chi connectivity index (χ1v) is 8.08. The number of aliphatic carboxylic acids is 1. The minimum Gasteiger partial charge on any atom is -0.550 e. The fraction of sp³-hybridized carbons (Fsp3) is 0.722. The molecule has 0 aliphatic heterocycles. The average molecular weight is 277 g/mol. The van der Waals surface area contributed by atoms with Crippen molar-refractivity contribution in [3.63, 3.8) is 0 Å². The Morgan fingerprint density at radius 1 is 0.950 bits per heavy atom. The van der Waals surface area contributed by atoms with Crippen LogP contribution < -0.4 is 5.11 Å². The molecule has 0 aliphatic carbocycles. The van der Waals surface area contributed by atoms with E-state index in [1.807, 2.05) is 0 Å². The zero-order valence-corrected chi connectivity index (χ0v) is 13.0. The molecular weight excluding hydrogens is 248 g/mol. The molecule has 2 heteroatoms. The normalized spacial score (nSPS) is 10.4. The number of carbonyl (C=O) groups excluding carboxylic acids is 1. The summed E-state index contributed by atoms with van der Waals surface area (Å²) in [5.74, 6) is 5.45. The molecular formula is C18H29O2-. The number of rotatable bonds is 12. The summed E-state index contributed by atoms with van der Waals surface area (Å²) >= 11 is 0. The van der Waals surface area contributed by atoms with E-state index in [9.17, 15) is 9.90 Å². The van der Waals surface area contributed by atoms with E-state index in [1.54, 1.807) is 0 Å². The Morgan fingerprint density at radius 2 is 1.70 bits per heavy atom. The number of hydrogen-bond donors (Lipinski definition) is 0. The van der Waals surface area contributed by atoms with Gasteiger partial charge < -0.3 is 9.90 Å². The van der Waals surface area contributed by atoms with Crippen LogP contribution in [0, 0.1) is 11.8 Å². The molecule has 0 N–H and O–H groups in total. The van der Waals surface area contributed by atoms with E-state index in [2.05, 4.69) is 30.9 Å². The highest BCUT2D eigenvalue weighted by atomic mass is 16.4. The lowest BCUT2D eigenvalue weighted by Gasteiger charge is -2.01. The van der Waals surface area contributed by atoms with Gasteiger partial charge in [-0.2, -0.15) is 0 Å². The van der Waals surface area contributed by atoms with E-state index in [-0.39, 0.29) is 6.42 Å². The van der Waals surface area contributed by atoms with Crippen LogP contribution in [0.5, 0.6) is 0 Å². The maximum Gasteiger partial charge on any atom is 0.0414 e. The summed E-state index contributed by atoms with van der Waals surface area (Å²) in [5, 5.41) is 10.2. The Morgan fingerprint density at radius 3 is 2.45 bits per heavy atom. The van der Waals surface area contributed by atoms with E-state index in [0.29, 0.717) is 0 Å². The van der Waals surface area contributed by atoms with Gasteiger partial charge in [0, 0.05) is 18.8 Å². The number of carboxylic acid groups (broad SMARTS) is 1. The highest BCUT2D eigenvalue weighted by molar-refractivity contribution is 5.63. The summed E-state index contributed by atoms with van der Waals surface area (Å²) in [5.41, 5.74) is 0. The predicted octanol–water partition coefficient (Wildman–Crippen LogP) is 4.00. The Balaban J connectivity index is 3.21. The molecule has 0 aromatic rings. The van der Waals surface area contributed by atoms with Crippen molar-refractivity contribution in [1.29, 1.82) is 0 Å². The highest BCUT2D eigenvalue weighted by Gasteiger charge is 1.90. The lowest BCUT2D eigenvalue weighted by molar-refractivity contribution is -0.305. The van der Waals surface area contributed by atoms with Crippen molar-refractivity contribution in [3.05, 3.63) is 12.2 Å². The fourth-order valence-electron chi connectivity index (χ4n) is 1.95. The number of hydrogen-bond acceptors (Lipinski definition) is 2. The molecule has 20 heavy (non-hydrogen) atoms. The summed E-state index contributed by atoms with van der Waals surface area (Å²) in [4.78, 5) is 10.2. The van der Waals surface area contributed by atoms with Crippen LogP contribution in [0.4, 0.5) is 0 Å². The van der Waals surface area contributed by atoms with Crippen LogP contribution in [-0.2, 0) is 4.79 Å². The number of carboxylic acids is 1. The van der Waals surface area contributed by atoms with Crippen molar-refractivity contribution in [2.45, 2.75) is 84.0 Å². The van der Waals surface area contributed by atoms with Crippen molar-refractivity contribution in [2.75, 3.05) is 0 Å². The summed E-state index contributed by atoms with van der Waals surface area (Å²) in [6.07, 6.45) is 16.6. The molecule has 0 fully saturated rings. The zero-order chi connectivity index (χ0) is 14.9. The molecule has 0 spiro atoms. The molecule has 0 amide bonds. The van der Waals surface area contributed by atoms with E-state index >= 15 is 0 Å². The van der Waals surface area contributed by atoms with Crippen LogP contribution in [0.25, 0.3) is 0 Å². The van der Waals surface area contributed by atoms with Gasteiger partial charge in [0.05, 0.1) is 0 Å². The first kappa shape index (κ1) is 18.8. The van der Waals surface area contributed by atoms with E-state index in [4.69, 9.17) is 0 Å². The van der Waals surface area contributed by atoms with Crippen LogP contribution in [0.2, 0.25) is 0 Å². The quantitative estimate of drug-likeness (QED) is 0.307. The summed E-state index contributed by atoms with van der Waals surface area (Å²) in [6, 6.07) is 0. The van der Waals surface area contributed by atoms with Crippen LogP contribution in [-0.4, -0.2) is 5.97 Å². The van der Waals surface area contributed by atoms with Crippen LogP contribution in [0.1, 0.15) is 84.0 Å². The fourth-order valence-corrected chi connectivity index (χ4v) is 1.95. The monoisotopic (exact) mass is 277 g/mol. The molecule has 0 aromatic heterocycles. The van der Waals surface area contributed by atoms with Crippen molar-refractivity contribution in [2.24, 2.45) is 0 Å². The Labute approximate surface area is 124 Å². The first-order valence-electron chi connectivity index (χ1n) is 8.08. The Hall–Kier alpha value is -1.23. The minimum atomic E-state index is -0.927. The second-order valence-corrected chi connectivity index (χ2v) is 5.16. The largest absolute Gasteiger partial charge is 0.550 e. The number of carbonyl (C=O) groups is 1. The molecule has 0 heterocycles. The smallest absolute Gasteiger partial charge is 0.0414 e. The van der Waals surface area contributed by atoms with Gasteiger partial charge in [-0.25, -0.2) is 0 Å². The third-order valence-electron chi connectivity index (χ3n) is 3.17. The molecule has 0 aromatic carbocycles. The Bertz CT molecular complexity index is 307. The van der Waals surface area contributed by atoms with Gasteiger partial charge in [-0.15, -0.1) is 5.92 Å². The molecule has 0 saturated carbocycles. The zero-order valence-electron chi connectivity index (χ0n) is 13.0. The predicted molar refractivity (Wildman–Crippen MR) is 83.0 cm³/mol. The molecule has 114 valence electrons. The Kier molecular flexibility index (Phi) is 14.9. The first-order chi connectivity index (χ1) is 9.77. The van der Waals surface area contributed by atoms with Gasteiger partial charge in [-0.1, -0.05) is 57.1 Å². The van der Waals surface area contributed by atoms with Crippen molar-refractivity contribution in [3.8, 4) is 11.8 Å². The van der Waals surface area contributed by atoms with E-state index in [1.165, 1.54) is 32.1 Å². The topological polar surface area (TPSA) is 40.1 Å². The summed E-state index contributed by atoms with van der Waals surface area (Å²) < 4.78 is 0. The second kappa shape index (κ2) is 15.8. The lowest BCUT2D eigenvalue weighted by atomic mass is 10.1. The third kappa shape index (κ3) is 16.8. The number of allylic oxidation sites excluding steroid dienone is 2. The van der Waals surface area contributed by atoms with Gasteiger partial charge in [0.15, 0.2) is 0 Å². The van der Waals surface area contributed by atoms with E-state index < -0.39 is 5.97 Å². The van der Waals surface area contributed by atoms with Gasteiger partial charge in [0.2, 0.25) is 0 Å². The highest BCUT2D eigenvalue weighted by Crippen LogP contribution is 2.07. The lowest BCUT2D eigenvalue weighted by Crippen LogP contribution is -2.21. The van der Waals surface area contributed by atoms with Crippen molar-refractivity contribution >= 4 is 5.97 Å². The molecule has 0 saturated heterocycles. The van der Waals surface area contributed by atoms with Gasteiger partial charge in [0.1, 0.15) is 0 Å². The summed E-state index contributed by atoms with van der Waals surface area (Å²) in [6.45, 7) is 2.21. The molecule has 0 unspecified atom stereocenters. The molecule has 0 radical (unpaired) electrons. The standard InChI is InChI=1S/C18H30O2/c1-2-3-4-5-6-7-8-9-10-11-12-13-14-15-16-17-18(19)20/h9-10H,2-5,8,11-17H2,1H3,(H,19,20)/p-1/b10-9-. The SMILES string of the molecule is CCCCCC#CC/C=C\CCCCCCCC(=O)[O-]. The van der Waals surface area contributed by atoms with Gasteiger partial charge >= 0.3 is 0 Å². The maximum absolute atomic E-state index is 10.2. The molecule has 0 atom stereocenters. The van der Waals surface area contributed by atoms with Gasteiger partial charge in [-0.05, 0) is 32.1 Å². The van der Waals surface area contributed by atoms with Crippen LogP contribution in [0.15, 0.2) is 12.2 Å². The molecule has 0 bridgehead atoms. The molecule has 2 nitrogen and oxygen atoms in total. The molecule has 0 aliphatic rings. The third-order valence-corrected chi connectivity index (χ3v) is 3.17. The summed E-state index contributed by atoms with van der Waals surface area (Å²) in [7, 11) is 0. The van der Waals surface area contributed by atoms with E-state index in [0.717, 1.165) is 38.5 Å². The average Bonchev–Trinajstić information content (AvgIpc) is 2.43.